The highest BCUT2D eigenvalue weighted by Gasteiger charge is 2.37. The minimum absolute atomic E-state index is 0.175. The Morgan fingerprint density at radius 2 is 1.76 bits per heavy atom. The van der Waals surface area contributed by atoms with Crippen LogP contribution in [0.3, 0.4) is 0 Å². The average molecular weight is 509 g/mol. The predicted molar refractivity (Wildman–Crippen MR) is 139 cm³/mol. The molecule has 37 heavy (non-hydrogen) atoms. The lowest BCUT2D eigenvalue weighted by molar-refractivity contribution is 0.251. The molecule has 0 aliphatic carbocycles. The van der Waals surface area contributed by atoms with Gasteiger partial charge in [-0.05, 0) is 37.3 Å². The van der Waals surface area contributed by atoms with Gasteiger partial charge in [0, 0.05) is 48.0 Å². The van der Waals surface area contributed by atoms with Gasteiger partial charge in [0.05, 0.1) is 37.8 Å². The number of hydrogen-bond donors (Lipinski definition) is 3. The van der Waals surface area contributed by atoms with Gasteiger partial charge in [-0.15, -0.1) is 0 Å². The van der Waals surface area contributed by atoms with Crippen molar-refractivity contribution in [3.05, 3.63) is 71.7 Å². The molecule has 2 heterocycles. The molecule has 1 aliphatic rings. The molecular formula is C26H26F2N6O3. The Morgan fingerprint density at radius 1 is 1.14 bits per heavy atom. The molecular weight excluding hydrogens is 482 g/mol. The predicted octanol–water partition coefficient (Wildman–Crippen LogP) is 4.84. The topological polar surface area (TPSA) is 117 Å². The number of methoxy groups -OCH3 is 2. The summed E-state index contributed by atoms with van der Waals surface area (Å²) < 4.78 is 40.9. The zero-order chi connectivity index (χ0) is 26.9. The highest BCUT2D eigenvalue weighted by atomic mass is 19.1. The zero-order valence-corrected chi connectivity index (χ0v) is 20.7. The summed E-state index contributed by atoms with van der Waals surface area (Å²) in [5, 5.41) is 11.0. The van der Waals surface area contributed by atoms with Gasteiger partial charge >= 0.3 is 6.03 Å². The third-order valence-corrected chi connectivity index (χ3v) is 5.89. The molecule has 0 saturated heterocycles. The van der Waals surface area contributed by atoms with E-state index in [4.69, 9.17) is 20.6 Å². The minimum Gasteiger partial charge on any atom is -0.493 e. The first-order valence-electron chi connectivity index (χ1n) is 11.2. The number of carbonyl (C=O) groups excluding carboxylic acids is 1. The number of nitrogens with one attached hydrogen (secondary N) is 2. The highest BCUT2D eigenvalue weighted by Crippen LogP contribution is 2.43. The fraction of sp³-hybridized carbons (Fsp3) is 0.192. The van der Waals surface area contributed by atoms with Crippen molar-refractivity contribution in [3.8, 4) is 11.5 Å². The van der Waals surface area contributed by atoms with Gasteiger partial charge in [0.1, 0.15) is 5.69 Å². The summed E-state index contributed by atoms with van der Waals surface area (Å²) in [6.07, 6.45) is 3.16. The SMILES string of the molecule is CN/C=C(\C(C)=N)c1cc2c(cn1)CN(c1c(F)c(OC)cc(OC)c1F)C(=O)N2c1ccc(N)cc1. The zero-order valence-electron chi connectivity index (χ0n) is 20.7. The van der Waals surface area contributed by atoms with Gasteiger partial charge in [0.25, 0.3) is 0 Å². The second-order valence-electron chi connectivity index (χ2n) is 8.22. The van der Waals surface area contributed by atoms with E-state index in [9.17, 15) is 4.79 Å². The molecule has 0 saturated carbocycles. The van der Waals surface area contributed by atoms with Crippen molar-refractivity contribution in [2.45, 2.75) is 13.5 Å². The monoisotopic (exact) mass is 508 g/mol. The molecule has 4 rings (SSSR count). The fourth-order valence-electron chi connectivity index (χ4n) is 4.09. The molecule has 2 aromatic carbocycles. The van der Waals surface area contributed by atoms with Crippen molar-refractivity contribution in [1.29, 1.82) is 5.41 Å². The number of nitrogen functional groups attached to an aromatic ring is 1. The highest BCUT2D eigenvalue weighted by molar-refractivity contribution is 6.21. The van der Waals surface area contributed by atoms with Crippen LogP contribution in [0.15, 0.2) is 48.8 Å². The van der Waals surface area contributed by atoms with E-state index in [1.165, 1.54) is 25.3 Å². The van der Waals surface area contributed by atoms with Crippen LogP contribution in [0.5, 0.6) is 11.5 Å². The van der Waals surface area contributed by atoms with E-state index in [0.717, 1.165) is 11.0 Å². The van der Waals surface area contributed by atoms with Crippen LogP contribution in [0, 0.1) is 17.0 Å². The molecule has 0 radical (unpaired) electrons. The lowest BCUT2D eigenvalue weighted by Gasteiger charge is -2.37. The summed E-state index contributed by atoms with van der Waals surface area (Å²) in [5.74, 6) is -2.64. The van der Waals surface area contributed by atoms with Crippen molar-refractivity contribution in [2.24, 2.45) is 0 Å². The summed E-state index contributed by atoms with van der Waals surface area (Å²) >= 11 is 0. The standard InChI is InChI=1S/C26H26F2N6O3/c1-14(29)18(12-31-2)19-9-20-15(11-32-19)13-33(26(35)34(20)17-7-5-16(30)6-8-17)25-23(27)21(36-3)10-22(37-4)24(25)28/h5-12,29,31H,13,30H2,1-4H3/b18-12+,29-14?. The smallest absolute Gasteiger partial charge is 0.334 e. The number of amides is 2. The largest absolute Gasteiger partial charge is 0.493 e. The van der Waals surface area contributed by atoms with E-state index < -0.39 is 23.4 Å². The Morgan fingerprint density at radius 3 is 2.30 bits per heavy atom. The van der Waals surface area contributed by atoms with Gasteiger partial charge in [-0.3, -0.25) is 14.8 Å². The Balaban J connectivity index is 1.95. The first-order valence-corrected chi connectivity index (χ1v) is 11.2. The summed E-state index contributed by atoms with van der Waals surface area (Å²) in [6, 6.07) is 8.53. The summed E-state index contributed by atoms with van der Waals surface area (Å²) in [4.78, 5) is 20.7. The van der Waals surface area contributed by atoms with E-state index in [1.54, 1.807) is 50.5 Å². The van der Waals surface area contributed by atoms with Crippen molar-refractivity contribution in [1.82, 2.24) is 10.3 Å². The Labute approximate surface area is 212 Å². The quantitative estimate of drug-likeness (QED) is 0.311. The van der Waals surface area contributed by atoms with E-state index in [-0.39, 0.29) is 23.8 Å². The van der Waals surface area contributed by atoms with Crippen LogP contribution in [-0.2, 0) is 6.54 Å². The Bertz CT molecular complexity index is 1380. The minimum atomic E-state index is -1.04. The number of fused-ring (bicyclic) bond motifs is 1. The number of carbonyl (C=O) groups is 1. The molecule has 1 aliphatic heterocycles. The number of aromatic nitrogens is 1. The Kier molecular flexibility index (Phi) is 6.96. The normalized spacial score (nSPS) is 13.4. The molecule has 4 N–H and O–H groups in total. The van der Waals surface area contributed by atoms with Crippen LogP contribution in [0.1, 0.15) is 18.2 Å². The van der Waals surface area contributed by atoms with Crippen molar-refractivity contribution >= 4 is 40.1 Å². The van der Waals surface area contributed by atoms with Gasteiger partial charge in [0.15, 0.2) is 23.1 Å². The number of hydrogen-bond acceptors (Lipinski definition) is 7. The number of nitrogens with two attached hydrogens (primary N) is 1. The number of urea groups is 1. The molecule has 0 bridgehead atoms. The van der Waals surface area contributed by atoms with Crippen LogP contribution in [0.4, 0.5) is 36.3 Å². The number of benzene rings is 2. The molecule has 3 aromatic rings. The third kappa shape index (κ3) is 4.51. The van der Waals surface area contributed by atoms with E-state index >= 15 is 8.78 Å². The molecule has 0 unspecified atom stereocenters. The first-order chi connectivity index (χ1) is 17.7. The van der Waals surface area contributed by atoms with E-state index in [1.807, 2.05) is 0 Å². The van der Waals surface area contributed by atoms with Crippen LogP contribution >= 0.6 is 0 Å². The molecule has 192 valence electrons. The van der Waals surface area contributed by atoms with Gasteiger partial charge in [-0.1, -0.05) is 0 Å². The second kappa shape index (κ2) is 10.1. The summed E-state index contributed by atoms with van der Waals surface area (Å²) in [5.41, 5.74) is 8.34. The van der Waals surface area contributed by atoms with Crippen LogP contribution < -0.4 is 30.3 Å². The van der Waals surface area contributed by atoms with Gasteiger partial charge in [-0.25, -0.2) is 13.6 Å². The lowest BCUT2D eigenvalue weighted by atomic mass is 10.0. The number of nitrogens with zero attached hydrogens (tertiary/aromatic N) is 3. The number of halogens is 2. The maximum absolute atomic E-state index is 15.4. The molecule has 9 nitrogen and oxygen atoms in total. The molecule has 11 heteroatoms. The molecule has 1 aromatic heterocycles. The maximum Gasteiger partial charge on any atom is 0.334 e. The van der Waals surface area contributed by atoms with E-state index in [2.05, 4.69) is 10.3 Å². The molecule has 0 spiro atoms. The van der Waals surface area contributed by atoms with Gasteiger partial charge in [0.2, 0.25) is 0 Å². The molecule has 2 amide bonds. The number of ether oxygens (including phenoxy) is 2. The number of rotatable bonds is 7. The van der Waals surface area contributed by atoms with Crippen LogP contribution in [0.25, 0.3) is 5.57 Å². The Hall–Kier alpha value is -4.67. The molecule has 0 fully saturated rings. The number of pyridine rings is 1. The summed E-state index contributed by atoms with van der Waals surface area (Å²) in [7, 11) is 4.18. The van der Waals surface area contributed by atoms with Crippen LogP contribution in [-0.4, -0.2) is 38.0 Å². The second-order valence-corrected chi connectivity index (χ2v) is 8.22. The summed E-state index contributed by atoms with van der Waals surface area (Å²) in [6.45, 7) is 1.45. The van der Waals surface area contributed by atoms with Gasteiger partial charge < -0.3 is 25.9 Å². The molecule has 0 atom stereocenters. The van der Waals surface area contributed by atoms with Crippen molar-refractivity contribution in [2.75, 3.05) is 36.8 Å². The first kappa shape index (κ1) is 25.4. The average Bonchev–Trinajstić information content (AvgIpc) is 2.88. The maximum atomic E-state index is 15.4. The number of allylic oxidation sites excluding steroid dienone is 1. The van der Waals surface area contributed by atoms with Crippen LogP contribution in [0.2, 0.25) is 0 Å². The van der Waals surface area contributed by atoms with Crippen molar-refractivity contribution < 1.29 is 23.0 Å². The lowest BCUT2D eigenvalue weighted by Crippen LogP contribution is -2.46. The number of anilines is 4. The van der Waals surface area contributed by atoms with E-state index in [0.29, 0.717) is 33.9 Å². The van der Waals surface area contributed by atoms with Crippen molar-refractivity contribution in [3.63, 3.8) is 0 Å². The van der Waals surface area contributed by atoms with Gasteiger partial charge in [-0.2, -0.15) is 0 Å². The fourth-order valence-corrected chi connectivity index (χ4v) is 4.09. The third-order valence-electron chi connectivity index (χ3n) is 5.89.